The van der Waals surface area contributed by atoms with Crippen molar-refractivity contribution in [2.24, 2.45) is 58.4 Å². The Hall–Kier alpha value is -4.13. The molecule has 0 aliphatic heterocycles. The number of hydrogen-bond acceptors (Lipinski definition) is 14. The molecule has 18 nitrogen and oxygen atoms in total. The molecule has 73 heavy (non-hydrogen) atoms. The van der Waals surface area contributed by atoms with Gasteiger partial charge in [-0.25, -0.2) is 0 Å². The smallest absolute Gasteiger partial charge is 0.306 e. The number of carboxylic acid groups (broad SMARTS) is 2. The Morgan fingerprint density at radius 1 is 0.438 bits per heavy atom. The van der Waals surface area contributed by atoms with E-state index in [1.807, 2.05) is 0 Å². The van der Waals surface area contributed by atoms with Crippen LogP contribution < -0.4 is 33.6 Å². The number of amides is 2. The fourth-order valence-corrected chi connectivity index (χ4v) is 9.43. The molecule has 0 spiro atoms. The Labute approximate surface area is 437 Å². The monoisotopic (exact) mass is 1040 g/mol. The van der Waals surface area contributed by atoms with Crippen LogP contribution in [0.2, 0.25) is 0 Å². The predicted octanol–water partition coefficient (Wildman–Crippen LogP) is 6.87. The Morgan fingerprint density at radius 3 is 1.27 bits per heavy atom. The normalized spacial score (nSPS) is 20.2. The Morgan fingerprint density at radius 2 is 0.822 bits per heavy atom. The number of carboxylic acids is 2. The zero-order valence-corrected chi connectivity index (χ0v) is 44.9. The topological polar surface area (TPSA) is 331 Å². The van der Waals surface area contributed by atoms with E-state index in [-0.39, 0.29) is 83.3 Å². The molecule has 0 bridgehead atoms. The highest BCUT2D eigenvalue weighted by molar-refractivity contribution is 5.87. The number of nitrogens with two attached hydrogens (primary N) is 4. The third-order valence-corrected chi connectivity index (χ3v) is 14.3. The summed E-state index contributed by atoms with van der Waals surface area (Å²) in [5.41, 5.74) is 21.3. The number of nitrogens with one attached hydrogen (secondary N) is 2. The first-order valence-corrected chi connectivity index (χ1v) is 28.1. The van der Waals surface area contributed by atoms with Gasteiger partial charge in [0.15, 0.2) is 0 Å². The largest absolute Gasteiger partial charge is 0.481 e. The van der Waals surface area contributed by atoms with Gasteiger partial charge in [-0.1, -0.05) is 32.1 Å². The molecule has 0 atom stereocenters. The molecule has 18 heteroatoms. The van der Waals surface area contributed by atoms with Gasteiger partial charge in [0.05, 0.1) is 18.4 Å². The third kappa shape index (κ3) is 37.3. The lowest BCUT2D eigenvalue weighted by molar-refractivity contribution is -0.148. The van der Waals surface area contributed by atoms with Crippen molar-refractivity contribution in [3.05, 3.63) is 0 Å². The van der Waals surface area contributed by atoms with Crippen LogP contribution in [0.15, 0.2) is 0 Å². The van der Waals surface area contributed by atoms with Crippen LogP contribution in [0.3, 0.4) is 0 Å². The van der Waals surface area contributed by atoms with Gasteiger partial charge in [-0.3, -0.25) is 43.2 Å². The quantitative estimate of drug-likeness (QED) is 0.0234. The Balaban J connectivity index is 0.00000143. The number of aliphatic carboxylic acids is 2. The average Bonchev–Trinajstić information content (AvgIpc) is 3.39. The molecule has 0 saturated heterocycles. The van der Waals surface area contributed by atoms with E-state index in [2.05, 4.69) is 15.4 Å². The number of Topliss-reactive ketones (excluding diaryl/α,β-unsaturated/α-hetero) is 4. The average molecular weight is 1040 g/mol. The molecule has 2 amide bonds. The highest BCUT2D eigenvalue weighted by Crippen LogP contribution is 2.32. The maximum absolute atomic E-state index is 12.6. The highest BCUT2D eigenvalue weighted by Gasteiger charge is 2.31. The summed E-state index contributed by atoms with van der Waals surface area (Å²) >= 11 is 0. The first-order chi connectivity index (χ1) is 35.1. The second-order valence-corrected chi connectivity index (χ2v) is 20.2. The van der Waals surface area contributed by atoms with Crippen molar-refractivity contribution in [2.75, 3.05) is 45.9 Å². The molecule has 3 rings (SSSR count). The highest BCUT2D eigenvalue weighted by atomic mass is 16.5. The van der Waals surface area contributed by atoms with Crippen molar-refractivity contribution < 1.29 is 58.1 Å². The first-order valence-electron chi connectivity index (χ1n) is 28.1. The van der Waals surface area contributed by atoms with Crippen LogP contribution in [-0.2, 0) is 47.9 Å². The van der Waals surface area contributed by atoms with E-state index in [1.54, 1.807) is 6.92 Å². The minimum Gasteiger partial charge on any atom is -0.481 e. The molecule has 3 saturated carbocycles. The summed E-state index contributed by atoms with van der Waals surface area (Å²) in [5, 5.41) is 23.2. The molecule has 3 fully saturated rings. The summed E-state index contributed by atoms with van der Waals surface area (Å²) in [5.74, 6) is -1.27. The summed E-state index contributed by atoms with van der Waals surface area (Å²) in [4.78, 5) is 104. The fraction of sp³-hybridized carbons (Fsp3) is 0.836. The summed E-state index contributed by atoms with van der Waals surface area (Å²) in [7, 11) is 0. The van der Waals surface area contributed by atoms with Crippen LogP contribution in [0.25, 0.3) is 0 Å². The molecule has 0 aromatic rings. The zero-order chi connectivity index (χ0) is 54.5. The minimum atomic E-state index is -0.793. The van der Waals surface area contributed by atoms with E-state index in [0.29, 0.717) is 84.1 Å². The van der Waals surface area contributed by atoms with Gasteiger partial charge < -0.3 is 48.5 Å². The van der Waals surface area contributed by atoms with Crippen LogP contribution in [0, 0.1) is 35.5 Å². The molecular formula is C55H100N6O12. The molecule has 0 aromatic heterocycles. The SMILES string of the molecule is CC(=O)C1CCC(C(=O)CCC(=O)NCCCCCCNC(=O)C2CCC(C(=O)CCCC(=O)CCCCCN)CC2)CC1.NCCCCCCN.NCCCCCOC=O.O=C(O)C1CCC(C(=O)O)CC1. The van der Waals surface area contributed by atoms with Gasteiger partial charge in [-0.2, -0.15) is 0 Å². The lowest BCUT2D eigenvalue weighted by Crippen LogP contribution is -2.34. The Kier molecular flexibility index (Phi) is 43.8. The molecular weight excluding hydrogens is 937 g/mol. The standard InChI is InChI=1S/C35H59N3O6.C8H12O4.C6H16N2.C6H13NO2/c1-26(39)27-13-15-29(16-14-27)33(42)21-22-34(43)37-24-7-2-3-8-25-38-35(44)30-19-17-28(18-20-30)32(41)12-9-11-31(40)10-5-4-6-23-36;9-7(10)5-1-2-6(4-3-5)8(11)12;7-5-3-1-2-4-6-8;7-4-2-1-3-5-9-6-8/h27-30H,2-25,36H2,1H3,(H,37,43)(H,38,44);5-6H,1-4H2,(H,9,10)(H,11,12);1-8H2;6H,1-5,7H2. The molecule has 422 valence electrons. The van der Waals surface area contributed by atoms with Gasteiger partial charge in [0, 0.05) is 68.9 Å². The number of ketones is 4. The van der Waals surface area contributed by atoms with E-state index < -0.39 is 11.9 Å². The van der Waals surface area contributed by atoms with Crippen LogP contribution >= 0.6 is 0 Å². The third-order valence-electron chi connectivity index (χ3n) is 14.3. The number of ether oxygens (including phenoxy) is 1. The van der Waals surface area contributed by atoms with E-state index in [0.717, 1.165) is 148 Å². The fourth-order valence-electron chi connectivity index (χ4n) is 9.43. The lowest BCUT2D eigenvalue weighted by Gasteiger charge is -2.27. The molecule has 0 aromatic carbocycles. The molecule has 3 aliphatic carbocycles. The molecule has 0 heterocycles. The first kappa shape index (κ1) is 68.9. The summed E-state index contributed by atoms with van der Waals surface area (Å²) < 4.78 is 4.46. The van der Waals surface area contributed by atoms with Gasteiger partial charge in [-0.15, -0.1) is 0 Å². The van der Waals surface area contributed by atoms with Crippen LogP contribution in [0.1, 0.15) is 212 Å². The summed E-state index contributed by atoms with van der Waals surface area (Å²) in [6.07, 6.45) is 25.1. The van der Waals surface area contributed by atoms with E-state index in [1.165, 1.54) is 12.8 Å². The minimum absolute atomic E-state index is 0.000964. The van der Waals surface area contributed by atoms with Crippen molar-refractivity contribution >= 4 is 53.4 Å². The van der Waals surface area contributed by atoms with Crippen molar-refractivity contribution in [1.29, 1.82) is 0 Å². The molecule has 12 N–H and O–H groups in total. The Bertz CT molecular complexity index is 1500. The van der Waals surface area contributed by atoms with E-state index in [9.17, 15) is 43.2 Å². The van der Waals surface area contributed by atoms with Gasteiger partial charge in [0.25, 0.3) is 6.47 Å². The van der Waals surface area contributed by atoms with Crippen LogP contribution in [-0.4, -0.2) is 109 Å². The van der Waals surface area contributed by atoms with Crippen molar-refractivity contribution in [3.63, 3.8) is 0 Å². The van der Waals surface area contributed by atoms with Crippen LogP contribution in [0.5, 0.6) is 0 Å². The summed E-state index contributed by atoms with van der Waals surface area (Å²) in [6.45, 7) is 6.90. The number of carbonyl (C=O) groups excluding carboxylic acids is 7. The molecule has 0 radical (unpaired) electrons. The second kappa shape index (κ2) is 46.4. The van der Waals surface area contributed by atoms with E-state index >= 15 is 0 Å². The predicted molar refractivity (Wildman–Crippen MR) is 284 cm³/mol. The van der Waals surface area contributed by atoms with Gasteiger partial charge >= 0.3 is 11.9 Å². The zero-order valence-electron chi connectivity index (χ0n) is 44.9. The van der Waals surface area contributed by atoms with E-state index in [4.69, 9.17) is 33.1 Å². The van der Waals surface area contributed by atoms with Gasteiger partial charge in [-0.05, 0) is 174 Å². The number of rotatable bonds is 36. The van der Waals surface area contributed by atoms with Gasteiger partial charge in [0.1, 0.15) is 23.1 Å². The number of hydrogen-bond donors (Lipinski definition) is 8. The van der Waals surface area contributed by atoms with Crippen molar-refractivity contribution in [3.8, 4) is 0 Å². The van der Waals surface area contributed by atoms with Crippen molar-refractivity contribution in [1.82, 2.24) is 10.6 Å². The maximum atomic E-state index is 12.6. The van der Waals surface area contributed by atoms with Crippen molar-refractivity contribution in [2.45, 2.75) is 212 Å². The van der Waals surface area contributed by atoms with Gasteiger partial charge in [0.2, 0.25) is 11.8 Å². The maximum Gasteiger partial charge on any atom is 0.306 e. The number of unbranched alkanes of at least 4 members (excludes halogenated alkanes) is 10. The molecule has 0 unspecified atom stereocenters. The summed E-state index contributed by atoms with van der Waals surface area (Å²) in [6, 6.07) is 0. The lowest BCUT2D eigenvalue weighted by atomic mass is 9.78. The van der Waals surface area contributed by atoms with Crippen LogP contribution in [0.4, 0.5) is 0 Å². The number of carbonyl (C=O) groups is 9. The second-order valence-electron chi connectivity index (χ2n) is 20.2. The molecule has 3 aliphatic rings.